The van der Waals surface area contributed by atoms with Crippen molar-refractivity contribution in [2.45, 2.75) is 12.1 Å². The van der Waals surface area contributed by atoms with Crippen LogP contribution in [0.1, 0.15) is 23.3 Å². The molecule has 0 saturated carbocycles. The first-order chi connectivity index (χ1) is 9.74. The van der Waals surface area contributed by atoms with E-state index in [1.54, 1.807) is 0 Å². The monoisotopic (exact) mass is 271 g/mol. The molecule has 1 aliphatic heterocycles. The van der Waals surface area contributed by atoms with Crippen LogP contribution in [-0.4, -0.2) is 18.3 Å². The van der Waals surface area contributed by atoms with Crippen molar-refractivity contribution < 1.29 is 14.6 Å². The van der Waals surface area contributed by atoms with Crippen LogP contribution in [0.3, 0.4) is 0 Å². The van der Waals surface area contributed by atoms with E-state index in [9.17, 15) is 5.11 Å². The summed E-state index contributed by atoms with van der Waals surface area (Å²) in [5.74, 6) is 1.44. The number of hydrogen-bond acceptors (Lipinski definition) is 4. The third-order valence-corrected chi connectivity index (χ3v) is 3.40. The van der Waals surface area contributed by atoms with Gasteiger partial charge < -0.3 is 20.3 Å². The molecule has 3 rings (SSSR count). The second-order valence-electron chi connectivity index (χ2n) is 4.85. The lowest BCUT2D eigenvalue weighted by Crippen LogP contribution is -2.10. The van der Waals surface area contributed by atoms with E-state index in [1.165, 1.54) is 0 Å². The van der Waals surface area contributed by atoms with Crippen LogP contribution in [0.25, 0.3) is 0 Å². The van der Waals surface area contributed by atoms with Gasteiger partial charge in [-0.1, -0.05) is 30.3 Å². The number of aliphatic hydroxyl groups excluding tert-OH is 1. The molecular weight excluding hydrogens is 254 g/mol. The summed E-state index contributed by atoms with van der Waals surface area (Å²) in [6.07, 6.45) is -0.646. The van der Waals surface area contributed by atoms with Crippen LogP contribution in [-0.2, 0) is 0 Å². The van der Waals surface area contributed by atoms with Crippen LogP contribution in [0.2, 0.25) is 0 Å². The minimum Gasteiger partial charge on any atom is -0.491 e. The van der Waals surface area contributed by atoms with Crippen molar-refractivity contribution in [2.75, 3.05) is 13.2 Å². The predicted molar refractivity (Wildman–Crippen MR) is 75.8 cm³/mol. The van der Waals surface area contributed by atoms with Gasteiger partial charge in [-0.25, -0.2) is 0 Å². The van der Waals surface area contributed by atoms with Crippen molar-refractivity contribution in [2.24, 2.45) is 5.73 Å². The van der Waals surface area contributed by atoms with E-state index in [0.29, 0.717) is 12.4 Å². The number of aliphatic hydroxyl groups is 1. The molecule has 0 amide bonds. The Morgan fingerprint density at radius 1 is 1.25 bits per heavy atom. The molecule has 0 saturated heterocycles. The number of ether oxygens (including phenoxy) is 2. The zero-order chi connectivity index (χ0) is 13.9. The van der Waals surface area contributed by atoms with Crippen LogP contribution < -0.4 is 15.2 Å². The first-order valence-electron chi connectivity index (χ1n) is 6.62. The van der Waals surface area contributed by atoms with Crippen LogP contribution in [0, 0.1) is 0 Å². The van der Waals surface area contributed by atoms with Gasteiger partial charge in [-0.05, 0) is 17.7 Å². The van der Waals surface area contributed by atoms with Gasteiger partial charge in [0.1, 0.15) is 30.8 Å². The highest BCUT2D eigenvalue weighted by Crippen LogP contribution is 2.34. The van der Waals surface area contributed by atoms with Crippen molar-refractivity contribution >= 4 is 0 Å². The lowest BCUT2D eigenvalue weighted by molar-refractivity contribution is 0.108. The summed E-state index contributed by atoms with van der Waals surface area (Å²) in [6, 6.07) is 15.0. The Hall–Kier alpha value is -2.04. The summed E-state index contributed by atoms with van der Waals surface area (Å²) in [6.45, 7) is 0.709. The van der Waals surface area contributed by atoms with Crippen LogP contribution in [0.5, 0.6) is 11.5 Å². The Labute approximate surface area is 117 Å². The van der Waals surface area contributed by atoms with E-state index in [-0.39, 0.29) is 12.6 Å². The Morgan fingerprint density at radius 2 is 2.05 bits per heavy atom. The SMILES string of the molecule is NC1COc2cc(OCC(O)c3ccccc3)ccc21. The fourth-order valence-electron chi connectivity index (χ4n) is 2.25. The highest BCUT2D eigenvalue weighted by Gasteiger charge is 2.21. The third kappa shape index (κ3) is 2.61. The summed E-state index contributed by atoms with van der Waals surface area (Å²) < 4.78 is 11.1. The van der Waals surface area contributed by atoms with Gasteiger partial charge in [-0.15, -0.1) is 0 Å². The zero-order valence-electron chi connectivity index (χ0n) is 11.0. The number of hydrogen-bond donors (Lipinski definition) is 2. The van der Waals surface area contributed by atoms with Gasteiger partial charge in [0.25, 0.3) is 0 Å². The van der Waals surface area contributed by atoms with Crippen molar-refractivity contribution in [1.29, 1.82) is 0 Å². The molecule has 0 spiro atoms. The van der Waals surface area contributed by atoms with E-state index in [1.807, 2.05) is 48.5 Å². The smallest absolute Gasteiger partial charge is 0.127 e. The molecule has 2 aromatic rings. The molecule has 4 heteroatoms. The summed E-state index contributed by atoms with van der Waals surface area (Å²) in [4.78, 5) is 0. The molecule has 0 aliphatic carbocycles. The minimum atomic E-state index is -0.646. The average molecular weight is 271 g/mol. The molecule has 2 atom stereocenters. The zero-order valence-corrected chi connectivity index (χ0v) is 11.0. The predicted octanol–water partition coefficient (Wildman–Crippen LogP) is 2.19. The second-order valence-corrected chi connectivity index (χ2v) is 4.85. The molecule has 2 unspecified atom stereocenters. The summed E-state index contributed by atoms with van der Waals surface area (Å²) in [5, 5.41) is 10.0. The highest BCUT2D eigenvalue weighted by molar-refractivity contribution is 5.44. The Bertz CT molecular complexity index is 586. The second kappa shape index (κ2) is 5.53. The van der Waals surface area contributed by atoms with E-state index >= 15 is 0 Å². The summed E-state index contributed by atoms with van der Waals surface area (Å²) >= 11 is 0. The van der Waals surface area contributed by atoms with Crippen molar-refractivity contribution in [1.82, 2.24) is 0 Å². The quantitative estimate of drug-likeness (QED) is 0.894. The van der Waals surface area contributed by atoms with Crippen molar-refractivity contribution in [3.63, 3.8) is 0 Å². The van der Waals surface area contributed by atoms with E-state index < -0.39 is 6.10 Å². The third-order valence-electron chi connectivity index (χ3n) is 3.40. The minimum absolute atomic E-state index is 0.0611. The van der Waals surface area contributed by atoms with Gasteiger partial charge in [-0.2, -0.15) is 0 Å². The molecule has 3 N–H and O–H groups in total. The molecule has 1 aliphatic rings. The first-order valence-corrected chi connectivity index (χ1v) is 6.62. The average Bonchev–Trinajstić information content (AvgIpc) is 2.87. The van der Waals surface area contributed by atoms with Crippen molar-refractivity contribution in [3.05, 3.63) is 59.7 Å². The van der Waals surface area contributed by atoms with E-state index in [2.05, 4.69) is 0 Å². The van der Waals surface area contributed by atoms with Crippen molar-refractivity contribution in [3.8, 4) is 11.5 Å². The number of fused-ring (bicyclic) bond motifs is 1. The Kier molecular flexibility index (Phi) is 3.58. The lowest BCUT2D eigenvalue weighted by Gasteiger charge is -2.13. The largest absolute Gasteiger partial charge is 0.491 e. The van der Waals surface area contributed by atoms with Gasteiger partial charge in [0.15, 0.2) is 0 Å². The molecular formula is C16H17NO3. The normalized spacial score (nSPS) is 18.2. The highest BCUT2D eigenvalue weighted by atomic mass is 16.5. The first kappa shape index (κ1) is 13.0. The maximum atomic E-state index is 10.0. The summed E-state index contributed by atoms with van der Waals surface area (Å²) in [5.41, 5.74) is 7.73. The molecule has 20 heavy (non-hydrogen) atoms. The van der Waals surface area contributed by atoms with E-state index in [0.717, 1.165) is 16.9 Å². The standard InChI is InChI=1S/C16H17NO3/c17-14-9-20-16-8-12(6-7-13(14)16)19-10-15(18)11-4-2-1-3-5-11/h1-8,14-15,18H,9-10,17H2. The molecule has 0 bridgehead atoms. The maximum Gasteiger partial charge on any atom is 0.127 e. The van der Waals surface area contributed by atoms with Crippen LogP contribution in [0.15, 0.2) is 48.5 Å². The molecule has 0 fully saturated rings. The van der Waals surface area contributed by atoms with Gasteiger partial charge >= 0.3 is 0 Å². The fraction of sp³-hybridized carbons (Fsp3) is 0.250. The van der Waals surface area contributed by atoms with Crippen LogP contribution in [0.4, 0.5) is 0 Å². The van der Waals surface area contributed by atoms with Gasteiger partial charge in [0.05, 0.1) is 6.04 Å². The molecule has 104 valence electrons. The molecule has 4 nitrogen and oxygen atoms in total. The van der Waals surface area contributed by atoms with Gasteiger partial charge in [-0.3, -0.25) is 0 Å². The van der Waals surface area contributed by atoms with Gasteiger partial charge in [0, 0.05) is 11.6 Å². The van der Waals surface area contributed by atoms with E-state index in [4.69, 9.17) is 15.2 Å². The molecule has 1 heterocycles. The maximum absolute atomic E-state index is 10.0. The van der Waals surface area contributed by atoms with Gasteiger partial charge in [0.2, 0.25) is 0 Å². The number of benzene rings is 2. The molecule has 0 aromatic heterocycles. The molecule has 2 aromatic carbocycles. The van der Waals surface area contributed by atoms with Crippen LogP contribution >= 0.6 is 0 Å². The fourth-order valence-corrected chi connectivity index (χ4v) is 2.25. The Morgan fingerprint density at radius 3 is 2.85 bits per heavy atom. The summed E-state index contributed by atoms with van der Waals surface area (Å²) in [7, 11) is 0. The number of rotatable bonds is 4. The Balaban J connectivity index is 1.64. The topological polar surface area (TPSA) is 64.7 Å². The number of nitrogens with two attached hydrogens (primary N) is 1. The molecule has 0 radical (unpaired) electrons. The lowest BCUT2D eigenvalue weighted by atomic mass is 10.1.